The second kappa shape index (κ2) is 10.1. The number of nitrogens with two attached hydrogens (primary N) is 1. The summed E-state index contributed by atoms with van der Waals surface area (Å²) in [6.45, 7) is 3.02. The van der Waals surface area contributed by atoms with Crippen LogP contribution in [0.15, 0.2) is 29.3 Å². The molecule has 1 aromatic carbocycles. The van der Waals surface area contributed by atoms with Gasteiger partial charge >= 0.3 is 6.09 Å². The van der Waals surface area contributed by atoms with Crippen molar-refractivity contribution in [1.29, 1.82) is 0 Å². The second-order valence-electron chi connectivity index (χ2n) is 6.47. The molecular weight excluding hydrogens is 400 g/mol. The number of ether oxygens (including phenoxy) is 1. The molecule has 1 heterocycles. The van der Waals surface area contributed by atoms with Crippen LogP contribution in [0, 0.1) is 16.0 Å². The number of guanidine groups is 1. The van der Waals surface area contributed by atoms with Crippen LogP contribution >= 0.6 is 12.6 Å². The van der Waals surface area contributed by atoms with Crippen molar-refractivity contribution >= 4 is 36.3 Å². The van der Waals surface area contributed by atoms with E-state index in [2.05, 4.69) is 33.6 Å². The number of thiol groups is 1. The Morgan fingerprint density at radius 3 is 2.69 bits per heavy atom. The van der Waals surface area contributed by atoms with Crippen LogP contribution in [0.4, 0.5) is 10.5 Å². The Balaban J connectivity index is 1.87. The summed E-state index contributed by atoms with van der Waals surface area (Å²) in [6.07, 6.45) is 0.205. The number of non-ortho nitro benzene ring substituents is 1. The molecule has 2 rings (SSSR count). The fourth-order valence-corrected chi connectivity index (χ4v) is 2.82. The highest BCUT2D eigenvalue weighted by molar-refractivity contribution is 7.81. The lowest BCUT2D eigenvalue weighted by atomic mass is 10.1. The number of nitro groups is 1. The summed E-state index contributed by atoms with van der Waals surface area (Å²) in [4.78, 5) is 37.1. The van der Waals surface area contributed by atoms with E-state index in [9.17, 15) is 19.7 Å². The largest absolute Gasteiger partial charge is 0.444 e. The minimum atomic E-state index is -1.27. The third-order valence-electron chi connectivity index (χ3n) is 4.30. The Bertz CT molecular complexity index is 781. The maximum atomic E-state index is 12.3. The van der Waals surface area contributed by atoms with Gasteiger partial charge in [-0.05, 0) is 37.1 Å². The van der Waals surface area contributed by atoms with Gasteiger partial charge in [0.25, 0.3) is 5.69 Å². The maximum Gasteiger partial charge on any atom is 0.414 e. The topological polar surface area (TPSA) is 161 Å². The van der Waals surface area contributed by atoms with Gasteiger partial charge in [-0.15, -0.1) is 12.6 Å². The van der Waals surface area contributed by atoms with E-state index < -0.39 is 16.0 Å². The van der Waals surface area contributed by atoms with Crippen LogP contribution < -0.4 is 21.7 Å². The average Bonchev–Trinajstić information content (AvgIpc) is 3.21. The molecule has 1 aliphatic rings. The fourth-order valence-electron chi connectivity index (χ4n) is 2.60. The lowest BCUT2D eigenvalue weighted by Gasteiger charge is -2.26. The molecule has 11 nitrogen and oxygen atoms in total. The summed E-state index contributed by atoms with van der Waals surface area (Å²) in [5, 5.41) is 18.7. The van der Waals surface area contributed by atoms with Crippen molar-refractivity contribution in [1.82, 2.24) is 16.0 Å². The Hall–Kier alpha value is -2.86. The molecule has 5 N–H and O–H groups in total. The van der Waals surface area contributed by atoms with E-state index >= 15 is 0 Å². The summed E-state index contributed by atoms with van der Waals surface area (Å²) in [5.74, 6) is -0.617. The number of nitrogens with one attached hydrogen (secondary N) is 3. The van der Waals surface area contributed by atoms with Gasteiger partial charge in [0, 0.05) is 18.7 Å². The SMILES string of the molecule is CCC(S)(N=C(N)NC(=O)OCc1ccc([N+](=O)[O-])cc1)NC(=O)[C@H]1CCNC1. The molecule has 0 aliphatic carbocycles. The number of carbonyl (C=O) groups excluding carboxylic acids is 2. The standard InChI is InChI=1S/C17H24N6O5S/c1-2-17(29,21-14(24)12-7-8-19-9-12)22-15(18)20-16(25)28-10-11-3-5-13(6-4-11)23(26)27/h3-6,12,19,29H,2,7-10H2,1H3,(H,21,24)(H3,18,20,22,25)/t12-,17?/m0/s1. The van der Waals surface area contributed by atoms with Crippen molar-refractivity contribution in [2.45, 2.75) is 31.4 Å². The van der Waals surface area contributed by atoms with Crippen molar-refractivity contribution in [3.8, 4) is 0 Å². The zero-order valence-electron chi connectivity index (χ0n) is 15.9. The molecule has 2 amide bonds. The van der Waals surface area contributed by atoms with Crippen LogP contribution in [0.3, 0.4) is 0 Å². The zero-order chi connectivity index (χ0) is 21.4. The average molecular weight is 424 g/mol. The normalized spacial score (nSPS) is 18.6. The lowest BCUT2D eigenvalue weighted by Crippen LogP contribution is -2.48. The first-order chi connectivity index (χ1) is 13.7. The second-order valence-corrected chi connectivity index (χ2v) is 7.21. The van der Waals surface area contributed by atoms with E-state index in [-0.39, 0.29) is 30.1 Å². The van der Waals surface area contributed by atoms with Gasteiger partial charge in [0.05, 0.1) is 10.8 Å². The molecule has 1 unspecified atom stereocenters. The number of benzene rings is 1. The first-order valence-electron chi connectivity index (χ1n) is 9.00. The Morgan fingerprint density at radius 2 is 2.14 bits per heavy atom. The third kappa shape index (κ3) is 6.91. The maximum absolute atomic E-state index is 12.3. The van der Waals surface area contributed by atoms with Crippen LogP contribution in [0.2, 0.25) is 0 Å². The molecule has 1 fully saturated rings. The molecule has 0 spiro atoms. The molecule has 2 atom stereocenters. The van der Waals surface area contributed by atoms with Crippen LogP contribution in [-0.4, -0.2) is 41.0 Å². The highest BCUT2D eigenvalue weighted by Crippen LogP contribution is 2.19. The number of carbonyl (C=O) groups is 2. The Kier molecular flexibility index (Phi) is 7.79. The molecular formula is C17H24N6O5S. The fraction of sp³-hybridized carbons (Fsp3) is 0.471. The van der Waals surface area contributed by atoms with E-state index in [1.54, 1.807) is 6.92 Å². The number of nitro benzene ring substituents is 1. The number of alkyl carbamates (subject to hydrolysis) is 1. The predicted molar refractivity (Wildman–Crippen MR) is 109 cm³/mol. The van der Waals surface area contributed by atoms with Crippen LogP contribution in [0.5, 0.6) is 0 Å². The number of amides is 2. The van der Waals surface area contributed by atoms with Crippen molar-refractivity contribution in [2.75, 3.05) is 13.1 Å². The molecule has 29 heavy (non-hydrogen) atoms. The molecule has 0 radical (unpaired) electrons. The number of hydrogen-bond acceptors (Lipinski definition) is 8. The lowest BCUT2D eigenvalue weighted by molar-refractivity contribution is -0.384. The summed E-state index contributed by atoms with van der Waals surface area (Å²) >= 11 is 4.38. The number of nitrogens with zero attached hydrogens (tertiary/aromatic N) is 2. The molecule has 0 bridgehead atoms. The minimum absolute atomic E-state index is 0.0605. The first kappa shape index (κ1) is 22.4. The van der Waals surface area contributed by atoms with E-state index in [0.717, 1.165) is 13.0 Å². The van der Waals surface area contributed by atoms with E-state index in [1.807, 2.05) is 0 Å². The van der Waals surface area contributed by atoms with Gasteiger partial charge in [-0.3, -0.25) is 20.2 Å². The number of hydrogen-bond donors (Lipinski definition) is 5. The van der Waals surface area contributed by atoms with Crippen LogP contribution in [0.1, 0.15) is 25.3 Å². The molecule has 158 valence electrons. The Morgan fingerprint density at radius 1 is 1.45 bits per heavy atom. The van der Waals surface area contributed by atoms with Gasteiger partial charge in [0.2, 0.25) is 11.9 Å². The van der Waals surface area contributed by atoms with Crippen molar-refractivity contribution in [2.24, 2.45) is 16.6 Å². The predicted octanol–water partition coefficient (Wildman–Crippen LogP) is 0.855. The number of aliphatic imine (C=N–C) groups is 1. The Labute approximate surface area is 173 Å². The van der Waals surface area contributed by atoms with Gasteiger partial charge in [-0.25, -0.2) is 9.79 Å². The highest BCUT2D eigenvalue weighted by atomic mass is 32.1. The molecule has 1 saturated heterocycles. The number of rotatable bonds is 7. The summed E-state index contributed by atoms with van der Waals surface area (Å²) < 4.78 is 5.01. The monoisotopic (exact) mass is 424 g/mol. The van der Waals surface area contributed by atoms with Crippen LogP contribution in [0.25, 0.3) is 0 Å². The molecule has 1 aliphatic heterocycles. The van der Waals surface area contributed by atoms with Crippen molar-refractivity contribution < 1.29 is 19.2 Å². The van der Waals surface area contributed by atoms with Gasteiger partial charge < -0.3 is 21.1 Å². The van der Waals surface area contributed by atoms with Gasteiger partial charge in [0.15, 0.2) is 4.99 Å². The summed E-state index contributed by atoms with van der Waals surface area (Å²) in [6, 6.07) is 5.58. The molecule has 0 aromatic heterocycles. The van der Waals surface area contributed by atoms with Crippen molar-refractivity contribution in [3.63, 3.8) is 0 Å². The molecule has 12 heteroatoms. The highest BCUT2D eigenvalue weighted by Gasteiger charge is 2.30. The van der Waals surface area contributed by atoms with Gasteiger partial charge in [-0.2, -0.15) is 0 Å². The van der Waals surface area contributed by atoms with Crippen molar-refractivity contribution in [3.05, 3.63) is 39.9 Å². The third-order valence-corrected chi connectivity index (χ3v) is 4.83. The molecule has 0 saturated carbocycles. The smallest absolute Gasteiger partial charge is 0.414 e. The van der Waals surface area contributed by atoms with E-state index in [4.69, 9.17) is 10.5 Å². The zero-order valence-corrected chi connectivity index (χ0v) is 16.8. The quantitative estimate of drug-likeness (QED) is 0.108. The van der Waals surface area contributed by atoms with Gasteiger partial charge in [0.1, 0.15) is 6.61 Å². The first-order valence-corrected chi connectivity index (χ1v) is 9.44. The van der Waals surface area contributed by atoms with Gasteiger partial charge in [-0.1, -0.05) is 6.92 Å². The summed E-state index contributed by atoms with van der Waals surface area (Å²) in [7, 11) is 0. The molecule has 1 aromatic rings. The van der Waals surface area contributed by atoms with E-state index in [1.165, 1.54) is 24.3 Å². The van der Waals surface area contributed by atoms with Crippen LogP contribution in [-0.2, 0) is 16.1 Å². The minimum Gasteiger partial charge on any atom is -0.444 e. The summed E-state index contributed by atoms with van der Waals surface area (Å²) in [5.41, 5.74) is 6.24. The van der Waals surface area contributed by atoms with E-state index in [0.29, 0.717) is 18.5 Å².